The Morgan fingerprint density at radius 2 is 1.36 bits per heavy atom. The van der Waals surface area contributed by atoms with E-state index in [9.17, 15) is 28.7 Å². The summed E-state index contributed by atoms with van der Waals surface area (Å²) in [5.41, 5.74) is 3.11. The summed E-state index contributed by atoms with van der Waals surface area (Å²) in [7, 11) is -3.35. The van der Waals surface area contributed by atoms with E-state index in [-0.39, 0.29) is 19.3 Å². The number of nitrogens with one attached hydrogen (secondary N) is 3. The zero-order valence-corrected chi connectivity index (χ0v) is 24.0. The zero-order chi connectivity index (χ0) is 30.1. The second-order valence-electron chi connectivity index (χ2n) is 10.1. The largest absolute Gasteiger partial charge is 0.467 e. The number of benzene rings is 3. The number of hydrogen-bond acceptors (Lipinski definition) is 5. The minimum atomic E-state index is -4.58. The van der Waals surface area contributed by atoms with Crippen molar-refractivity contribution in [1.82, 2.24) is 15.6 Å². The second kappa shape index (κ2) is 14.1. The van der Waals surface area contributed by atoms with E-state index < -0.39 is 49.5 Å². The predicted molar refractivity (Wildman–Crippen MR) is 159 cm³/mol. The molecule has 42 heavy (non-hydrogen) atoms. The van der Waals surface area contributed by atoms with E-state index in [1.54, 1.807) is 36.5 Å². The number of aromatic amines is 1. The summed E-state index contributed by atoms with van der Waals surface area (Å²) in [6.45, 7) is 0. The number of methoxy groups -OCH3 is 1. The SMILES string of the molecule is COC(=O)C(Cc1ccccc1)NC(=O)C(Cc1c[nH]c2ccccc12)NC(=O)C(Cc1ccccc1)CP(=O)(O)O. The van der Waals surface area contributed by atoms with Crippen LogP contribution in [0.2, 0.25) is 0 Å². The van der Waals surface area contributed by atoms with Gasteiger partial charge < -0.3 is 30.1 Å². The van der Waals surface area contributed by atoms with E-state index in [4.69, 9.17) is 4.74 Å². The summed E-state index contributed by atoms with van der Waals surface area (Å²) in [6.07, 6.45) is 1.36. The van der Waals surface area contributed by atoms with Crippen molar-refractivity contribution in [1.29, 1.82) is 0 Å². The minimum absolute atomic E-state index is 0.0643. The van der Waals surface area contributed by atoms with Crippen molar-refractivity contribution in [3.05, 3.63) is 108 Å². The molecule has 1 aromatic heterocycles. The molecular weight excluding hydrogens is 557 g/mol. The van der Waals surface area contributed by atoms with Crippen LogP contribution in [0, 0.1) is 5.92 Å². The van der Waals surface area contributed by atoms with Crippen LogP contribution in [0.5, 0.6) is 0 Å². The first kappa shape index (κ1) is 30.7. The summed E-state index contributed by atoms with van der Waals surface area (Å²) >= 11 is 0. The van der Waals surface area contributed by atoms with Crippen molar-refractivity contribution in [2.45, 2.75) is 31.3 Å². The lowest BCUT2D eigenvalue weighted by Crippen LogP contribution is -2.54. The molecule has 0 saturated carbocycles. The number of fused-ring (bicyclic) bond motifs is 1. The molecule has 2 amide bonds. The van der Waals surface area contributed by atoms with E-state index in [0.717, 1.165) is 27.6 Å². The van der Waals surface area contributed by atoms with Gasteiger partial charge in [-0.15, -0.1) is 0 Å². The molecule has 4 rings (SSSR count). The van der Waals surface area contributed by atoms with Crippen LogP contribution < -0.4 is 10.6 Å². The van der Waals surface area contributed by atoms with Crippen LogP contribution in [0.3, 0.4) is 0 Å². The molecule has 0 radical (unpaired) electrons. The molecule has 11 heteroatoms. The van der Waals surface area contributed by atoms with Crippen molar-refractivity contribution in [2.24, 2.45) is 5.92 Å². The first-order chi connectivity index (χ1) is 20.1. The highest BCUT2D eigenvalue weighted by Crippen LogP contribution is 2.38. The van der Waals surface area contributed by atoms with Crippen molar-refractivity contribution >= 4 is 36.3 Å². The molecule has 0 saturated heterocycles. The maximum Gasteiger partial charge on any atom is 0.328 e. The van der Waals surface area contributed by atoms with E-state index >= 15 is 0 Å². The lowest BCUT2D eigenvalue weighted by Gasteiger charge is -2.25. The van der Waals surface area contributed by atoms with E-state index in [1.165, 1.54) is 7.11 Å². The first-order valence-electron chi connectivity index (χ1n) is 13.5. The smallest absolute Gasteiger partial charge is 0.328 e. The third-order valence-corrected chi connectivity index (χ3v) is 7.89. The molecular formula is C31H34N3O7P. The monoisotopic (exact) mass is 591 g/mol. The van der Waals surface area contributed by atoms with Crippen LogP contribution in [0.15, 0.2) is 91.1 Å². The summed E-state index contributed by atoms with van der Waals surface area (Å²) < 4.78 is 16.9. The van der Waals surface area contributed by atoms with E-state index in [2.05, 4.69) is 15.6 Å². The molecule has 10 nitrogen and oxygen atoms in total. The number of rotatable bonds is 13. The van der Waals surface area contributed by atoms with Gasteiger partial charge in [0.25, 0.3) is 0 Å². The minimum Gasteiger partial charge on any atom is -0.467 e. The Labute approximate surface area is 243 Å². The Morgan fingerprint density at radius 1 is 0.786 bits per heavy atom. The molecule has 3 unspecified atom stereocenters. The first-order valence-corrected chi connectivity index (χ1v) is 15.3. The standard InChI is InChI=1S/C31H34N3O7P/c1-41-31(37)28(17-22-12-6-3-7-13-22)34-30(36)27(18-23-19-32-26-15-9-8-14-25(23)26)33-29(35)24(20-42(38,39)40)16-21-10-4-2-5-11-21/h2-15,19,24,27-28,32H,16-18,20H2,1H3,(H,33,35)(H,34,36)(H2,38,39,40). The third kappa shape index (κ3) is 8.63. The Hall–Kier alpha value is -4.24. The molecule has 0 aliphatic carbocycles. The third-order valence-electron chi connectivity index (χ3n) is 6.97. The van der Waals surface area contributed by atoms with Crippen molar-refractivity contribution in [3.8, 4) is 0 Å². The number of hydrogen-bond donors (Lipinski definition) is 5. The number of amides is 2. The highest BCUT2D eigenvalue weighted by molar-refractivity contribution is 7.51. The average molecular weight is 592 g/mol. The molecule has 0 aliphatic heterocycles. The van der Waals surface area contributed by atoms with Gasteiger partial charge in [-0.1, -0.05) is 78.9 Å². The maximum atomic E-state index is 13.7. The highest BCUT2D eigenvalue weighted by atomic mass is 31.2. The lowest BCUT2D eigenvalue weighted by atomic mass is 9.98. The Bertz CT molecular complexity index is 1550. The second-order valence-corrected chi connectivity index (χ2v) is 11.8. The normalized spacial score (nSPS) is 13.6. The molecule has 0 fully saturated rings. The topological polar surface area (TPSA) is 158 Å². The fourth-order valence-electron chi connectivity index (χ4n) is 4.90. The fourth-order valence-corrected chi connectivity index (χ4v) is 5.77. The number of ether oxygens (including phenoxy) is 1. The number of H-pyrrole nitrogens is 1. The molecule has 220 valence electrons. The van der Waals surface area contributed by atoms with Gasteiger partial charge in [0.05, 0.1) is 19.2 Å². The predicted octanol–water partition coefficient (Wildman–Crippen LogP) is 3.13. The van der Waals surface area contributed by atoms with Gasteiger partial charge in [-0.05, 0) is 29.2 Å². The van der Waals surface area contributed by atoms with Gasteiger partial charge in [0.1, 0.15) is 12.1 Å². The van der Waals surface area contributed by atoms with Crippen LogP contribution in [-0.4, -0.2) is 57.9 Å². The van der Waals surface area contributed by atoms with Crippen molar-refractivity contribution in [3.63, 3.8) is 0 Å². The van der Waals surface area contributed by atoms with Crippen molar-refractivity contribution < 1.29 is 33.5 Å². The molecule has 3 atom stereocenters. The van der Waals surface area contributed by atoms with Crippen LogP contribution in [0.4, 0.5) is 0 Å². The van der Waals surface area contributed by atoms with E-state index in [0.29, 0.717) is 0 Å². The molecule has 0 spiro atoms. The Kier molecular flexibility index (Phi) is 10.3. The molecule has 0 bridgehead atoms. The zero-order valence-electron chi connectivity index (χ0n) is 23.1. The molecule has 3 aromatic carbocycles. The molecule has 0 aliphatic rings. The summed E-state index contributed by atoms with van der Waals surface area (Å²) in [5.74, 6) is -3.06. The van der Waals surface area contributed by atoms with Crippen molar-refractivity contribution in [2.75, 3.05) is 13.3 Å². The number of para-hydroxylation sites is 1. The van der Waals surface area contributed by atoms with Crippen LogP contribution in [-0.2, 0) is 42.9 Å². The van der Waals surface area contributed by atoms with E-state index in [1.807, 2.05) is 54.6 Å². The summed E-state index contributed by atoms with van der Waals surface area (Å²) in [4.78, 5) is 62.5. The number of esters is 1. The highest BCUT2D eigenvalue weighted by Gasteiger charge is 2.33. The quantitative estimate of drug-likeness (QED) is 0.118. The summed E-state index contributed by atoms with van der Waals surface area (Å²) in [5, 5.41) is 6.31. The maximum absolute atomic E-state index is 13.7. The molecule has 4 aromatic rings. The Morgan fingerprint density at radius 3 is 1.98 bits per heavy atom. The van der Waals surface area contributed by atoms with Crippen LogP contribution in [0.1, 0.15) is 16.7 Å². The van der Waals surface area contributed by atoms with Gasteiger partial charge in [0.15, 0.2) is 0 Å². The average Bonchev–Trinajstić information content (AvgIpc) is 3.38. The molecule has 1 heterocycles. The number of carbonyl (C=O) groups is 3. The fraction of sp³-hybridized carbons (Fsp3) is 0.258. The van der Waals surface area contributed by atoms with Gasteiger partial charge >= 0.3 is 13.6 Å². The van der Waals surface area contributed by atoms with Crippen LogP contribution >= 0.6 is 7.60 Å². The number of aromatic nitrogens is 1. The van der Waals surface area contributed by atoms with Gasteiger partial charge in [-0.2, -0.15) is 0 Å². The van der Waals surface area contributed by atoms with Crippen LogP contribution in [0.25, 0.3) is 10.9 Å². The van der Waals surface area contributed by atoms with Gasteiger partial charge in [-0.3, -0.25) is 14.2 Å². The van der Waals surface area contributed by atoms with Gasteiger partial charge in [-0.25, -0.2) is 4.79 Å². The van der Waals surface area contributed by atoms with Gasteiger partial charge in [0.2, 0.25) is 11.8 Å². The summed E-state index contributed by atoms with van der Waals surface area (Å²) in [6, 6.07) is 23.3. The van der Waals surface area contributed by atoms with Gasteiger partial charge in [0, 0.05) is 29.9 Å². The molecule has 5 N–H and O–H groups in total. The Balaban J connectivity index is 1.61. The number of carbonyl (C=O) groups excluding carboxylic acids is 3. The lowest BCUT2D eigenvalue weighted by molar-refractivity contribution is -0.145.